The van der Waals surface area contributed by atoms with Gasteiger partial charge >= 0.3 is 0 Å². The van der Waals surface area contributed by atoms with E-state index in [1.54, 1.807) is 32.3 Å². The van der Waals surface area contributed by atoms with Gasteiger partial charge in [0, 0.05) is 19.8 Å². The molecule has 0 aliphatic carbocycles. The van der Waals surface area contributed by atoms with Crippen molar-refractivity contribution in [3.05, 3.63) is 23.8 Å². The van der Waals surface area contributed by atoms with Gasteiger partial charge in [-0.15, -0.1) is 0 Å². The topological polar surface area (TPSA) is 55.6 Å². The van der Waals surface area contributed by atoms with Crippen LogP contribution in [0.5, 0.6) is 5.75 Å². The highest BCUT2D eigenvalue weighted by molar-refractivity contribution is 5.97. The SMILES string of the molecule is CC(C)COc1ccc(N)cc1C(=O)N(C)C. The van der Waals surface area contributed by atoms with E-state index in [2.05, 4.69) is 13.8 Å². The molecule has 2 N–H and O–H groups in total. The third-order valence-electron chi connectivity index (χ3n) is 2.21. The molecule has 94 valence electrons. The lowest BCUT2D eigenvalue weighted by atomic mass is 10.1. The van der Waals surface area contributed by atoms with Gasteiger partial charge in [-0.1, -0.05) is 13.8 Å². The lowest BCUT2D eigenvalue weighted by molar-refractivity contribution is 0.0822. The fraction of sp³-hybridized carbons (Fsp3) is 0.462. The standard InChI is InChI=1S/C13H20N2O2/c1-9(2)8-17-12-6-5-10(14)7-11(12)13(16)15(3)4/h5-7,9H,8,14H2,1-4H3. The van der Waals surface area contributed by atoms with Crippen LogP contribution < -0.4 is 10.5 Å². The van der Waals surface area contributed by atoms with Crippen molar-refractivity contribution in [1.29, 1.82) is 0 Å². The highest BCUT2D eigenvalue weighted by Gasteiger charge is 2.15. The van der Waals surface area contributed by atoms with Crippen molar-refractivity contribution in [3.63, 3.8) is 0 Å². The second-order valence-electron chi connectivity index (χ2n) is 4.66. The van der Waals surface area contributed by atoms with Crippen molar-refractivity contribution >= 4 is 11.6 Å². The predicted molar refractivity (Wildman–Crippen MR) is 69.2 cm³/mol. The summed E-state index contributed by atoms with van der Waals surface area (Å²) in [5.74, 6) is 0.900. The minimum absolute atomic E-state index is 0.101. The highest BCUT2D eigenvalue weighted by atomic mass is 16.5. The van der Waals surface area contributed by atoms with E-state index in [4.69, 9.17) is 10.5 Å². The van der Waals surface area contributed by atoms with Crippen LogP contribution in [0.25, 0.3) is 0 Å². The van der Waals surface area contributed by atoms with Gasteiger partial charge in [0.1, 0.15) is 5.75 Å². The maximum atomic E-state index is 12.0. The Morgan fingerprint density at radius 2 is 2.06 bits per heavy atom. The third kappa shape index (κ3) is 3.66. The molecule has 0 saturated heterocycles. The van der Waals surface area contributed by atoms with Gasteiger partial charge in [0.25, 0.3) is 5.91 Å². The molecule has 17 heavy (non-hydrogen) atoms. The molecule has 0 aliphatic rings. The molecule has 0 fully saturated rings. The molecule has 0 aromatic heterocycles. The first-order valence-corrected chi connectivity index (χ1v) is 5.65. The van der Waals surface area contributed by atoms with Crippen LogP contribution in [0.4, 0.5) is 5.69 Å². The average Bonchev–Trinajstić information content (AvgIpc) is 2.26. The van der Waals surface area contributed by atoms with Crippen LogP contribution in [0.1, 0.15) is 24.2 Å². The van der Waals surface area contributed by atoms with Gasteiger partial charge in [0.05, 0.1) is 12.2 Å². The van der Waals surface area contributed by atoms with Gasteiger partial charge in [-0.25, -0.2) is 0 Å². The molecule has 1 aromatic carbocycles. The molecule has 0 bridgehead atoms. The number of amides is 1. The normalized spacial score (nSPS) is 10.4. The Balaban J connectivity index is 2.99. The number of hydrogen-bond donors (Lipinski definition) is 1. The second kappa shape index (κ2) is 5.57. The van der Waals surface area contributed by atoms with E-state index in [-0.39, 0.29) is 5.91 Å². The number of hydrogen-bond acceptors (Lipinski definition) is 3. The Labute approximate surface area is 102 Å². The zero-order chi connectivity index (χ0) is 13.0. The molecule has 0 heterocycles. The number of carbonyl (C=O) groups is 1. The van der Waals surface area contributed by atoms with Crippen LogP contribution in [0, 0.1) is 5.92 Å². The summed E-state index contributed by atoms with van der Waals surface area (Å²) in [5, 5.41) is 0. The highest BCUT2D eigenvalue weighted by Crippen LogP contribution is 2.23. The average molecular weight is 236 g/mol. The number of ether oxygens (including phenoxy) is 1. The zero-order valence-corrected chi connectivity index (χ0v) is 10.9. The van der Waals surface area contributed by atoms with Gasteiger partial charge in [-0.3, -0.25) is 4.79 Å². The minimum Gasteiger partial charge on any atom is -0.492 e. The maximum Gasteiger partial charge on any atom is 0.257 e. The molecule has 0 unspecified atom stereocenters. The molecule has 1 amide bonds. The van der Waals surface area contributed by atoms with Gasteiger partial charge in [0.2, 0.25) is 0 Å². The van der Waals surface area contributed by atoms with Crippen LogP contribution in [-0.2, 0) is 0 Å². The first-order valence-electron chi connectivity index (χ1n) is 5.65. The van der Waals surface area contributed by atoms with Crippen LogP contribution in [0.3, 0.4) is 0 Å². The lowest BCUT2D eigenvalue weighted by Gasteiger charge is -2.16. The van der Waals surface area contributed by atoms with Gasteiger partial charge in [-0.2, -0.15) is 0 Å². The molecule has 0 saturated carbocycles. The molecule has 4 nitrogen and oxygen atoms in total. The number of carbonyl (C=O) groups excluding carboxylic acids is 1. The van der Waals surface area contributed by atoms with Crippen LogP contribution in [0.2, 0.25) is 0 Å². The van der Waals surface area contributed by atoms with Crippen molar-refractivity contribution in [2.75, 3.05) is 26.4 Å². The van der Waals surface area contributed by atoms with Crippen molar-refractivity contribution in [1.82, 2.24) is 4.90 Å². The molecular formula is C13H20N2O2. The number of nitrogens with two attached hydrogens (primary N) is 1. The Kier molecular flexibility index (Phi) is 4.37. The number of anilines is 1. The maximum absolute atomic E-state index is 12.0. The van der Waals surface area contributed by atoms with Crippen molar-refractivity contribution in [2.45, 2.75) is 13.8 Å². The molecule has 0 spiro atoms. The lowest BCUT2D eigenvalue weighted by Crippen LogP contribution is -2.23. The summed E-state index contributed by atoms with van der Waals surface area (Å²) in [6, 6.07) is 5.13. The number of nitrogens with zero attached hydrogens (tertiary/aromatic N) is 1. The Morgan fingerprint density at radius 3 is 2.59 bits per heavy atom. The summed E-state index contributed by atoms with van der Waals surface area (Å²) >= 11 is 0. The Bertz CT molecular complexity index is 400. The molecule has 0 atom stereocenters. The number of rotatable bonds is 4. The largest absolute Gasteiger partial charge is 0.492 e. The van der Waals surface area contributed by atoms with E-state index >= 15 is 0 Å². The summed E-state index contributed by atoms with van der Waals surface area (Å²) < 4.78 is 5.62. The minimum atomic E-state index is -0.101. The van der Waals surface area contributed by atoms with Crippen molar-refractivity contribution < 1.29 is 9.53 Å². The molecule has 0 radical (unpaired) electrons. The van der Waals surface area contributed by atoms with Gasteiger partial charge in [-0.05, 0) is 24.1 Å². The summed E-state index contributed by atoms with van der Waals surface area (Å²) in [7, 11) is 3.41. The Morgan fingerprint density at radius 1 is 1.41 bits per heavy atom. The van der Waals surface area contributed by atoms with Gasteiger partial charge in [0.15, 0.2) is 0 Å². The number of benzene rings is 1. The molecule has 1 aromatic rings. The van der Waals surface area contributed by atoms with Crippen molar-refractivity contribution in [3.8, 4) is 5.75 Å². The van der Waals surface area contributed by atoms with Crippen LogP contribution >= 0.6 is 0 Å². The monoisotopic (exact) mass is 236 g/mol. The second-order valence-corrected chi connectivity index (χ2v) is 4.66. The van der Waals surface area contributed by atoms with E-state index in [1.165, 1.54) is 4.90 Å². The van der Waals surface area contributed by atoms with E-state index < -0.39 is 0 Å². The van der Waals surface area contributed by atoms with E-state index in [0.29, 0.717) is 29.5 Å². The van der Waals surface area contributed by atoms with Crippen LogP contribution in [0.15, 0.2) is 18.2 Å². The summed E-state index contributed by atoms with van der Waals surface area (Å²) in [6.07, 6.45) is 0. The van der Waals surface area contributed by atoms with E-state index in [9.17, 15) is 4.79 Å². The van der Waals surface area contributed by atoms with Crippen LogP contribution in [-0.4, -0.2) is 31.5 Å². The molecule has 4 heteroatoms. The smallest absolute Gasteiger partial charge is 0.257 e. The molecule has 1 rings (SSSR count). The molecular weight excluding hydrogens is 216 g/mol. The summed E-state index contributed by atoms with van der Waals surface area (Å²) in [5.41, 5.74) is 6.77. The predicted octanol–water partition coefficient (Wildman–Crippen LogP) is 2.01. The fourth-order valence-corrected chi connectivity index (χ4v) is 1.34. The Hall–Kier alpha value is -1.71. The number of nitrogen functional groups attached to an aromatic ring is 1. The van der Waals surface area contributed by atoms with Crippen molar-refractivity contribution in [2.24, 2.45) is 5.92 Å². The van der Waals surface area contributed by atoms with E-state index in [1.807, 2.05) is 0 Å². The molecule has 0 aliphatic heterocycles. The fourth-order valence-electron chi connectivity index (χ4n) is 1.34. The zero-order valence-electron chi connectivity index (χ0n) is 10.9. The third-order valence-corrected chi connectivity index (χ3v) is 2.21. The summed E-state index contributed by atoms with van der Waals surface area (Å²) in [6.45, 7) is 4.70. The quantitative estimate of drug-likeness (QED) is 0.813. The van der Waals surface area contributed by atoms with E-state index in [0.717, 1.165) is 0 Å². The first kappa shape index (κ1) is 13.4. The summed E-state index contributed by atoms with van der Waals surface area (Å²) in [4.78, 5) is 13.5. The first-order chi connectivity index (χ1) is 7.91. The van der Waals surface area contributed by atoms with Gasteiger partial charge < -0.3 is 15.4 Å².